The second-order valence-corrected chi connectivity index (χ2v) is 9.84. The molecule has 0 aromatic heterocycles. The van der Waals surface area contributed by atoms with E-state index in [0.717, 1.165) is 4.47 Å². The lowest BCUT2D eigenvalue weighted by molar-refractivity contribution is 0.660. The summed E-state index contributed by atoms with van der Waals surface area (Å²) >= 11 is 3.66. The summed E-state index contributed by atoms with van der Waals surface area (Å²) in [5.41, 5.74) is 13.3. The van der Waals surface area contributed by atoms with Crippen LogP contribution in [0.3, 0.4) is 0 Å². The molecule has 0 heterocycles. The van der Waals surface area contributed by atoms with Gasteiger partial charge in [-0.05, 0) is 93.7 Å². The summed E-state index contributed by atoms with van der Waals surface area (Å²) in [7, 11) is 0. The molecule has 4 aromatic carbocycles. The largest absolute Gasteiger partial charge is 0.0620 e. The van der Waals surface area contributed by atoms with E-state index in [4.69, 9.17) is 0 Å². The molecule has 0 aliphatic heterocycles. The first-order valence-electron chi connectivity index (χ1n) is 10.5. The molecule has 148 valence electrons. The van der Waals surface area contributed by atoms with Crippen molar-refractivity contribution in [3.05, 3.63) is 106 Å². The van der Waals surface area contributed by atoms with Crippen molar-refractivity contribution >= 4 is 15.9 Å². The van der Waals surface area contributed by atoms with Crippen LogP contribution in [0.2, 0.25) is 0 Å². The van der Waals surface area contributed by atoms with Crippen LogP contribution in [0.15, 0.2) is 83.3 Å². The van der Waals surface area contributed by atoms with Crippen molar-refractivity contribution in [2.24, 2.45) is 0 Å². The van der Waals surface area contributed by atoms with Crippen molar-refractivity contribution in [3.63, 3.8) is 0 Å². The lowest BCUT2D eigenvalue weighted by Gasteiger charge is -2.22. The number of aryl methyl sites for hydroxylation is 2. The van der Waals surface area contributed by atoms with Gasteiger partial charge in [-0.15, -0.1) is 0 Å². The maximum Gasteiger partial charge on any atom is 0.0178 e. The zero-order valence-corrected chi connectivity index (χ0v) is 19.5. The third-order valence-corrected chi connectivity index (χ3v) is 7.14. The fourth-order valence-electron chi connectivity index (χ4n) is 4.86. The molecule has 30 heavy (non-hydrogen) atoms. The van der Waals surface area contributed by atoms with E-state index in [-0.39, 0.29) is 5.41 Å². The molecule has 0 fully saturated rings. The third kappa shape index (κ3) is 2.96. The van der Waals surface area contributed by atoms with Gasteiger partial charge in [0.1, 0.15) is 0 Å². The number of benzene rings is 4. The highest BCUT2D eigenvalue weighted by Gasteiger charge is 2.35. The number of hydrogen-bond acceptors (Lipinski definition) is 0. The summed E-state index contributed by atoms with van der Waals surface area (Å²) in [6, 6.07) is 29.2. The molecule has 0 spiro atoms. The topological polar surface area (TPSA) is 0 Å². The van der Waals surface area contributed by atoms with E-state index in [1.807, 2.05) is 0 Å². The molecule has 4 aromatic rings. The Bertz CT molecular complexity index is 1290. The molecule has 0 nitrogen and oxygen atoms in total. The molecular formula is C29H25Br. The Kier molecular flexibility index (Phi) is 4.48. The van der Waals surface area contributed by atoms with Crippen molar-refractivity contribution in [3.8, 4) is 33.4 Å². The van der Waals surface area contributed by atoms with Gasteiger partial charge in [-0.25, -0.2) is 0 Å². The Balaban J connectivity index is 1.65. The van der Waals surface area contributed by atoms with E-state index >= 15 is 0 Å². The fourth-order valence-corrected chi connectivity index (χ4v) is 5.22. The Morgan fingerprint density at radius 2 is 1.17 bits per heavy atom. The normalized spacial score (nSPS) is 13.8. The molecule has 0 saturated heterocycles. The van der Waals surface area contributed by atoms with Gasteiger partial charge in [0.25, 0.3) is 0 Å². The Morgan fingerprint density at radius 1 is 0.567 bits per heavy atom. The average molecular weight is 453 g/mol. The minimum Gasteiger partial charge on any atom is -0.0620 e. The van der Waals surface area contributed by atoms with Gasteiger partial charge in [0.05, 0.1) is 0 Å². The van der Waals surface area contributed by atoms with E-state index in [1.54, 1.807) is 0 Å². The standard InChI is InChI=1S/C29H25Br/c1-18-7-5-6-8-23(18)26-15-20(10-9-19(26)2)21-11-13-24-25-14-12-22(30)17-28(25)29(3,4)27(24)16-21/h5-17H,1-4H3. The summed E-state index contributed by atoms with van der Waals surface area (Å²) in [6.07, 6.45) is 0. The second-order valence-electron chi connectivity index (χ2n) is 8.92. The first kappa shape index (κ1) is 19.3. The summed E-state index contributed by atoms with van der Waals surface area (Å²) < 4.78 is 1.14. The molecule has 5 rings (SSSR count). The van der Waals surface area contributed by atoms with Gasteiger partial charge in [0, 0.05) is 9.89 Å². The zero-order chi connectivity index (χ0) is 21.0. The van der Waals surface area contributed by atoms with E-state index in [2.05, 4.69) is 122 Å². The number of hydrogen-bond donors (Lipinski definition) is 0. The molecule has 0 N–H and O–H groups in total. The molecule has 1 aliphatic carbocycles. The molecule has 0 unspecified atom stereocenters. The minimum absolute atomic E-state index is 0.00595. The summed E-state index contributed by atoms with van der Waals surface area (Å²) in [5, 5.41) is 0. The van der Waals surface area contributed by atoms with Gasteiger partial charge < -0.3 is 0 Å². The lowest BCUT2D eigenvalue weighted by Crippen LogP contribution is -2.15. The minimum atomic E-state index is -0.00595. The molecule has 1 heteroatoms. The predicted octanol–water partition coefficient (Wildman–Crippen LogP) is 8.71. The molecule has 1 aliphatic rings. The van der Waals surface area contributed by atoms with Gasteiger partial charge >= 0.3 is 0 Å². The quantitative estimate of drug-likeness (QED) is 0.285. The molecule has 0 radical (unpaired) electrons. The Hall–Kier alpha value is -2.64. The summed E-state index contributed by atoms with van der Waals surface area (Å²) in [4.78, 5) is 0. The Morgan fingerprint density at radius 3 is 1.93 bits per heavy atom. The van der Waals surface area contributed by atoms with Gasteiger partial charge in [-0.2, -0.15) is 0 Å². The van der Waals surface area contributed by atoms with Crippen molar-refractivity contribution in [1.29, 1.82) is 0 Å². The van der Waals surface area contributed by atoms with Gasteiger partial charge in [0.15, 0.2) is 0 Å². The lowest BCUT2D eigenvalue weighted by atomic mass is 9.81. The van der Waals surface area contributed by atoms with Crippen LogP contribution in [0.4, 0.5) is 0 Å². The van der Waals surface area contributed by atoms with Gasteiger partial charge in [0.2, 0.25) is 0 Å². The highest BCUT2D eigenvalue weighted by molar-refractivity contribution is 9.10. The van der Waals surface area contributed by atoms with Crippen molar-refractivity contribution < 1.29 is 0 Å². The Labute approximate surface area is 187 Å². The van der Waals surface area contributed by atoms with E-state index < -0.39 is 0 Å². The van der Waals surface area contributed by atoms with Crippen molar-refractivity contribution in [2.45, 2.75) is 33.1 Å². The molecule has 0 amide bonds. The van der Waals surface area contributed by atoms with Crippen LogP contribution in [-0.2, 0) is 5.41 Å². The smallest absolute Gasteiger partial charge is 0.0178 e. The number of rotatable bonds is 2. The van der Waals surface area contributed by atoms with Crippen molar-refractivity contribution in [1.82, 2.24) is 0 Å². The summed E-state index contributed by atoms with van der Waals surface area (Å²) in [6.45, 7) is 9.06. The highest BCUT2D eigenvalue weighted by atomic mass is 79.9. The fraction of sp³-hybridized carbons (Fsp3) is 0.172. The SMILES string of the molecule is Cc1ccccc1-c1cc(-c2ccc3c(c2)C(C)(C)c2cc(Br)ccc2-3)ccc1C. The predicted molar refractivity (Wildman–Crippen MR) is 132 cm³/mol. The van der Waals surface area contributed by atoms with Gasteiger partial charge in [-0.1, -0.05) is 84.4 Å². The van der Waals surface area contributed by atoms with Crippen LogP contribution in [0, 0.1) is 13.8 Å². The van der Waals surface area contributed by atoms with Crippen LogP contribution in [0.1, 0.15) is 36.1 Å². The first-order chi connectivity index (χ1) is 14.4. The maximum atomic E-state index is 3.66. The van der Waals surface area contributed by atoms with Gasteiger partial charge in [-0.3, -0.25) is 0 Å². The second kappa shape index (κ2) is 6.96. The van der Waals surface area contributed by atoms with E-state index in [0.29, 0.717) is 0 Å². The number of halogens is 1. The molecule has 0 atom stereocenters. The van der Waals surface area contributed by atoms with E-state index in [9.17, 15) is 0 Å². The number of fused-ring (bicyclic) bond motifs is 3. The highest BCUT2D eigenvalue weighted by Crippen LogP contribution is 2.50. The van der Waals surface area contributed by atoms with Crippen molar-refractivity contribution in [2.75, 3.05) is 0 Å². The zero-order valence-electron chi connectivity index (χ0n) is 17.9. The molecular weight excluding hydrogens is 428 g/mol. The monoisotopic (exact) mass is 452 g/mol. The van der Waals surface area contributed by atoms with E-state index in [1.165, 1.54) is 55.6 Å². The van der Waals surface area contributed by atoms with Crippen LogP contribution in [0.25, 0.3) is 33.4 Å². The third-order valence-electron chi connectivity index (χ3n) is 6.64. The molecule has 0 saturated carbocycles. The maximum absolute atomic E-state index is 3.66. The summed E-state index contributed by atoms with van der Waals surface area (Å²) in [5.74, 6) is 0. The van der Waals surface area contributed by atoms with Crippen LogP contribution >= 0.6 is 15.9 Å². The van der Waals surface area contributed by atoms with Crippen LogP contribution in [0.5, 0.6) is 0 Å². The first-order valence-corrected chi connectivity index (χ1v) is 11.3. The van der Waals surface area contributed by atoms with Crippen LogP contribution < -0.4 is 0 Å². The average Bonchev–Trinajstić information content (AvgIpc) is 2.95. The van der Waals surface area contributed by atoms with Crippen LogP contribution in [-0.4, -0.2) is 0 Å². The molecule has 0 bridgehead atoms.